The van der Waals surface area contributed by atoms with Crippen molar-refractivity contribution in [2.75, 3.05) is 0 Å². The van der Waals surface area contributed by atoms with Gasteiger partial charge in [-0.15, -0.1) is 0 Å². The Bertz CT molecular complexity index is 1840. The Morgan fingerprint density at radius 2 is 1.12 bits per heavy atom. The SMILES string of the molecule is CC(=O)Oc1ccc(CN(Cc2ccc(C(=O)NCc3ccc(Oc4ccccc4)cc3)cc2)C(=O)c2ccc(C(F)(F)F)cc2)cc1. The van der Waals surface area contributed by atoms with E-state index in [9.17, 15) is 27.6 Å². The average molecular weight is 653 g/mol. The summed E-state index contributed by atoms with van der Waals surface area (Å²) in [4.78, 5) is 39.2. The van der Waals surface area contributed by atoms with Crippen LogP contribution < -0.4 is 14.8 Å². The molecule has 48 heavy (non-hydrogen) atoms. The first kappa shape index (κ1) is 33.5. The largest absolute Gasteiger partial charge is 0.457 e. The Balaban J connectivity index is 1.24. The lowest BCUT2D eigenvalue weighted by Gasteiger charge is -2.24. The van der Waals surface area contributed by atoms with Gasteiger partial charge < -0.3 is 19.7 Å². The summed E-state index contributed by atoms with van der Waals surface area (Å²) >= 11 is 0. The number of carbonyl (C=O) groups excluding carboxylic acids is 3. The highest BCUT2D eigenvalue weighted by atomic mass is 19.4. The van der Waals surface area contributed by atoms with Gasteiger partial charge in [0.2, 0.25) is 0 Å². The molecule has 0 atom stereocenters. The molecule has 5 aromatic carbocycles. The molecule has 0 saturated carbocycles. The van der Waals surface area contributed by atoms with Crippen molar-refractivity contribution in [2.45, 2.75) is 32.7 Å². The molecule has 0 bridgehead atoms. The first-order valence-electron chi connectivity index (χ1n) is 15.0. The molecule has 10 heteroatoms. The minimum atomic E-state index is -4.53. The lowest BCUT2D eigenvalue weighted by Crippen LogP contribution is -2.30. The van der Waals surface area contributed by atoms with Gasteiger partial charge in [0.25, 0.3) is 11.8 Å². The molecule has 0 aromatic heterocycles. The van der Waals surface area contributed by atoms with Crippen molar-refractivity contribution in [3.05, 3.63) is 161 Å². The summed E-state index contributed by atoms with van der Waals surface area (Å²) < 4.78 is 50.2. The number of hydrogen-bond acceptors (Lipinski definition) is 5. The highest BCUT2D eigenvalue weighted by molar-refractivity contribution is 5.95. The number of rotatable bonds is 11. The second kappa shape index (κ2) is 15.1. The van der Waals surface area contributed by atoms with Crippen LogP contribution in [-0.2, 0) is 30.6 Å². The van der Waals surface area contributed by atoms with Crippen LogP contribution in [0.2, 0.25) is 0 Å². The minimum Gasteiger partial charge on any atom is -0.457 e. The van der Waals surface area contributed by atoms with E-state index in [1.807, 2.05) is 54.6 Å². The molecule has 5 aromatic rings. The summed E-state index contributed by atoms with van der Waals surface area (Å²) in [6.07, 6.45) is -4.53. The van der Waals surface area contributed by atoms with Gasteiger partial charge in [-0.05, 0) is 89.5 Å². The molecule has 0 heterocycles. The van der Waals surface area contributed by atoms with E-state index in [0.717, 1.165) is 35.6 Å². The van der Waals surface area contributed by atoms with Crippen molar-refractivity contribution >= 4 is 17.8 Å². The van der Waals surface area contributed by atoms with Gasteiger partial charge in [-0.25, -0.2) is 0 Å². The van der Waals surface area contributed by atoms with Gasteiger partial charge in [-0.2, -0.15) is 13.2 Å². The van der Waals surface area contributed by atoms with Crippen LogP contribution in [-0.4, -0.2) is 22.7 Å². The Hall–Kier alpha value is -5.90. The maximum Gasteiger partial charge on any atom is 0.416 e. The summed E-state index contributed by atoms with van der Waals surface area (Å²) in [6, 6.07) is 34.2. The number of ether oxygens (including phenoxy) is 2. The number of halogens is 3. The third kappa shape index (κ3) is 9.32. The number of nitrogens with one attached hydrogen (secondary N) is 1. The standard InChI is InChI=1S/C38H31F3N2O5/c1-26(44)47-34-21-11-29(12-22-34)25-43(37(46)31-15-17-32(18-16-31)38(39,40)41)24-28-7-13-30(14-8-28)36(45)42-23-27-9-19-35(20-10-27)48-33-5-3-2-4-6-33/h2-22H,23-25H2,1H3,(H,42,45). The molecule has 2 amide bonds. The van der Waals surface area contributed by atoms with Crippen molar-refractivity contribution in [2.24, 2.45) is 0 Å². The van der Waals surface area contributed by atoms with Crippen LogP contribution in [0.15, 0.2) is 127 Å². The fraction of sp³-hybridized carbons (Fsp3) is 0.132. The normalized spacial score (nSPS) is 11.0. The number of hydrogen-bond donors (Lipinski definition) is 1. The summed E-state index contributed by atoms with van der Waals surface area (Å²) in [5.41, 5.74) is 1.96. The summed E-state index contributed by atoms with van der Waals surface area (Å²) in [5, 5.41) is 2.89. The van der Waals surface area contributed by atoms with E-state index in [4.69, 9.17) is 9.47 Å². The molecule has 0 aliphatic carbocycles. The zero-order chi connectivity index (χ0) is 34.1. The number of alkyl halides is 3. The lowest BCUT2D eigenvalue weighted by molar-refractivity contribution is -0.137. The maximum absolute atomic E-state index is 13.5. The fourth-order valence-corrected chi connectivity index (χ4v) is 4.80. The van der Waals surface area contributed by atoms with Crippen LogP contribution in [0.3, 0.4) is 0 Å². The first-order chi connectivity index (χ1) is 23.0. The molecular formula is C38H31F3N2O5. The van der Waals surface area contributed by atoms with Crippen molar-refractivity contribution in [1.82, 2.24) is 10.2 Å². The van der Waals surface area contributed by atoms with E-state index >= 15 is 0 Å². The van der Waals surface area contributed by atoms with Gasteiger partial charge >= 0.3 is 12.1 Å². The van der Waals surface area contributed by atoms with Gasteiger partial charge in [-0.3, -0.25) is 14.4 Å². The maximum atomic E-state index is 13.5. The van der Waals surface area contributed by atoms with Crippen LogP contribution in [0.5, 0.6) is 17.2 Å². The molecule has 7 nitrogen and oxygen atoms in total. The molecule has 0 fully saturated rings. The van der Waals surface area contributed by atoms with Gasteiger partial charge in [0.05, 0.1) is 5.56 Å². The molecular weight excluding hydrogens is 621 g/mol. The molecule has 0 spiro atoms. The highest BCUT2D eigenvalue weighted by Gasteiger charge is 2.30. The van der Waals surface area contributed by atoms with Gasteiger partial charge in [0.1, 0.15) is 17.2 Å². The van der Waals surface area contributed by atoms with Crippen LogP contribution in [0, 0.1) is 0 Å². The molecule has 0 unspecified atom stereocenters. The number of amides is 2. The molecule has 0 radical (unpaired) electrons. The van der Waals surface area contributed by atoms with E-state index in [0.29, 0.717) is 34.7 Å². The number of nitrogens with zero attached hydrogens (tertiary/aromatic N) is 1. The smallest absolute Gasteiger partial charge is 0.416 e. The third-order valence-electron chi connectivity index (χ3n) is 7.25. The number of carbonyl (C=O) groups is 3. The minimum absolute atomic E-state index is 0.0928. The second-order valence-corrected chi connectivity index (χ2v) is 10.9. The van der Waals surface area contributed by atoms with Crippen molar-refractivity contribution in [3.63, 3.8) is 0 Å². The molecule has 244 valence electrons. The summed E-state index contributed by atoms with van der Waals surface area (Å²) in [6.45, 7) is 1.83. The number of benzene rings is 5. The van der Waals surface area contributed by atoms with Crippen LogP contribution in [0.4, 0.5) is 13.2 Å². The second-order valence-electron chi connectivity index (χ2n) is 10.9. The fourth-order valence-electron chi connectivity index (χ4n) is 4.80. The van der Waals surface area contributed by atoms with E-state index < -0.39 is 23.6 Å². The molecule has 0 aliphatic rings. The first-order valence-corrected chi connectivity index (χ1v) is 15.0. The quantitative estimate of drug-likeness (QED) is 0.115. The topological polar surface area (TPSA) is 84.9 Å². The van der Waals surface area contributed by atoms with Gasteiger partial charge in [0.15, 0.2) is 0 Å². The lowest BCUT2D eigenvalue weighted by atomic mass is 10.1. The van der Waals surface area contributed by atoms with Crippen molar-refractivity contribution < 1.29 is 37.0 Å². The zero-order valence-electron chi connectivity index (χ0n) is 25.9. The number of esters is 1. The Kier molecular flexibility index (Phi) is 10.5. The average Bonchev–Trinajstić information content (AvgIpc) is 3.08. The monoisotopic (exact) mass is 652 g/mol. The predicted octanol–water partition coefficient (Wildman–Crippen LogP) is 8.20. The summed E-state index contributed by atoms with van der Waals surface area (Å²) in [7, 11) is 0. The third-order valence-corrected chi connectivity index (χ3v) is 7.25. The van der Waals surface area contributed by atoms with Crippen molar-refractivity contribution in [3.8, 4) is 17.2 Å². The highest BCUT2D eigenvalue weighted by Crippen LogP contribution is 2.29. The van der Waals surface area contributed by atoms with E-state index in [1.54, 1.807) is 48.5 Å². The van der Waals surface area contributed by atoms with E-state index in [-0.39, 0.29) is 24.6 Å². The Morgan fingerprint density at radius 1 is 0.625 bits per heavy atom. The van der Waals surface area contributed by atoms with Gasteiger partial charge in [-0.1, -0.05) is 54.6 Å². The molecule has 0 aliphatic heterocycles. The zero-order valence-corrected chi connectivity index (χ0v) is 25.9. The van der Waals surface area contributed by atoms with E-state index in [1.165, 1.54) is 11.8 Å². The van der Waals surface area contributed by atoms with Crippen molar-refractivity contribution in [1.29, 1.82) is 0 Å². The number of para-hydroxylation sites is 1. The Labute approximate surface area is 275 Å². The molecule has 5 rings (SSSR count). The summed E-state index contributed by atoms with van der Waals surface area (Å²) in [5.74, 6) is 0.518. The van der Waals surface area contributed by atoms with Crippen LogP contribution >= 0.6 is 0 Å². The Morgan fingerprint density at radius 3 is 1.69 bits per heavy atom. The van der Waals surface area contributed by atoms with E-state index in [2.05, 4.69) is 5.32 Å². The molecule has 0 saturated heterocycles. The molecule has 1 N–H and O–H groups in total. The van der Waals surface area contributed by atoms with Crippen LogP contribution in [0.1, 0.15) is 49.9 Å². The van der Waals surface area contributed by atoms with Crippen LogP contribution in [0.25, 0.3) is 0 Å². The van der Waals surface area contributed by atoms with Gasteiger partial charge in [0, 0.05) is 37.7 Å². The predicted molar refractivity (Wildman–Crippen MR) is 173 cm³/mol.